The van der Waals surface area contributed by atoms with Crippen LogP contribution in [-0.2, 0) is 0 Å². The third-order valence-electron chi connectivity index (χ3n) is 9.09. The summed E-state index contributed by atoms with van der Waals surface area (Å²) in [5, 5.41) is 8.61. The van der Waals surface area contributed by atoms with Crippen LogP contribution in [0.25, 0.3) is 87.9 Å². The van der Waals surface area contributed by atoms with Crippen molar-refractivity contribution in [3.05, 3.63) is 170 Å². The van der Waals surface area contributed by atoms with Gasteiger partial charge in [0, 0.05) is 28.9 Å². The molecule has 0 atom stereocenters. The molecular weight excluding hydrogens is 556 g/mol. The van der Waals surface area contributed by atoms with Crippen molar-refractivity contribution in [2.24, 2.45) is 0 Å². The van der Waals surface area contributed by atoms with Crippen LogP contribution < -0.4 is 0 Å². The fraction of sp³-hybridized carbons (Fsp3) is 0. The first kappa shape index (κ1) is 26.3. The van der Waals surface area contributed by atoms with Crippen LogP contribution in [0.2, 0.25) is 0 Å². The Labute approximate surface area is 267 Å². The molecule has 0 aliphatic carbocycles. The fourth-order valence-electron chi connectivity index (χ4n) is 6.90. The van der Waals surface area contributed by atoms with Crippen LogP contribution in [0.4, 0.5) is 0 Å². The molecule has 0 amide bonds. The Balaban J connectivity index is 1.15. The topological polar surface area (TPSA) is 25.8 Å². The first-order valence-corrected chi connectivity index (χ1v) is 15.6. The number of hydrogen-bond acceptors (Lipinski definition) is 2. The molecule has 0 saturated carbocycles. The molecule has 214 valence electrons. The number of rotatable bonds is 4. The molecular formula is C44H28N2. The maximum absolute atomic E-state index is 4.89. The average molecular weight is 585 g/mol. The van der Waals surface area contributed by atoms with Crippen molar-refractivity contribution < 1.29 is 0 Å². The van der Waals surface area contributed by atoms with Crippen LogP contribution in [0, 0.1) is 0 Å². The molecule has 0 aliphatic rings. The molecule has 2 nitrogen and oxygen atoms in total. The Morgan fingerprint density at radius 3 is 1.59 bits per heavy atom. The van der Waals surface area contributed by atoms with Gasteiger partial charge in [-0.2, -0.15) is 0 Å². The van der Waals surface area contributed by atoms with E-state index in [1.807, 2.05) is 24.5 Å². The number of pyridine rings is 2. The molecule has 7 aromatic carbocycles. The van der Waals surface area contributed by atoms with Crippen molar-refractivity contribution in [1.82, 2.24) is 9.97 Å². The molecule has 2 heteroatoms. The lowest BCUT2D eigenvalue weighted by molar-refractivity contribution is 1.30. The van der Waals surface area contributed by atoms with Crippen molar-refractivity contribution in [3.8, 4) is 44.6 Å². The molecule has 9 aromatic rings. The van der Waals surface area contributed by atoms with Crippen LogP contribution in [0.5, 0.6) is 0 Å². The minimum atomic E-state index is 0.927. The number of nitrogens with zero attached hydrogens (tertiary/aromatic N) is 2. The normalized spacial score (nSPS) is 11.5. The van der Waals surface area contributed by atoms with Gasteiger partial charge in [0.25, 0.3) is 0 Å². The Kier molecular flexibility index (Phi) is 6.17. The van der Waals surface area contributed by atoms with Crippen LogP contribution >= 0.6 is 0 Å². The average Bonchev–Trinajstić information content (AvgIpc) is 3.13. The lowest BCUT2D eigenvalue weighted by atomic mass is 9.85. The van der Waals surface area contributed by atoms with Gasteiger partial charge in [0.1, 0.15) is 0 Å². The standard InChI is InChI=1S/C44H28N2/c1-2-11-30(12-3-1)43-37-13-5-7-15-39(37)44(40-16-8-6-14-38(40)43)34-21-20-31-24-33(19-18-32(31)25-34)35-26-36(28-45-27-35)42-23-22-29-10-4-9-17-41(29)46-42/h1-28H. The summed E-state index contributed by atoms with van der Waals surface area (Å²) in [6.45, 7) is 0. The van der Waals surface area contributed by atoms with Gasteiger partial charge in [0.2, 0.25) is 0 Å². The highest BCUT2D eigenvalue weighted by atomic mass is 14.7. The second-order valence-electron chi connectivity index (χ2n) is 11.8. The van der Waals surface area contributed by atoms with E-state index in [0.29, 0.717) is 0 Å². The van der Waals surface area contributed by atoms with Gasteiger partial charge in [-0.15, -0.1) is 0 Å². The van der Waals surface area contributed by atoms with Gasteiger partial charge in [0.15, 0.2) is 0 Å². The van der Waals surface area contributed by atoms with Gasteiger partial charge in [-0.3, -0.25) is 4.98 Å². The highest BCUT2D eigenvalue weighted by molar-refractivity contribution is 6.21. The first-order chi connectivity index (χ1) is 22.8. The quantitative estimate of drug-likeness (QED) is 0.192. The summed E-state index contributed by atoms with van der Waals surface area (Å²) in [6.07, 6.45) is 3.83. The zero-order valence-electron chi connectivity index (χ0n) is 25.1. The Morgan fingerprint density at radius 1 is 0.326 bits per heavy atom. The Morgan fingerprint density at radius 2 is 0.870 bits per heavy atom. The number of aromatic nitrogens is 2. The first-order valence-electron chi connectivity index (χ1n) is 15.6. The smallest absolute Gasteiger partial charge is 0.0725 e. The summed E-state index contributed by atoms with van der Waals surface area (Å²) in [7, 11) is 0. The molecule has 0 radical (unpaired) electrons. The zero-order chi connectivity index (χ0) is 30.5. The number of benzene rings is 7. The fourth-order valence-corrected chi connectivity index (χ4v) is 6.90. The predicted octanol–water partition coefficient (Wildman–Crippen LogP) is 11.8. The van der Waals surface area contributed by atoms with E-state index in [0.717, 1.165) is 33.3 Å². The minimum Gasteiger partial charge on any atom is -0.263 e. The second kappa shape index (κ2) is 10.8. The van der Waals surface area contributed by atoms with E-state index in [1.165, 1.54) is 54.6 Å². The van der Waals surface area contributed by atoms with Gasteiger partial charge in [-0.05, 0) is 90.5 Å². The maximum Gasteiger partial charge on any atom is 0.0725 e. The SMILES string of the molecule is c1ccc(-c2c3ccccc3c(-c3ccc4cc(-c5cncc(-c6ccc7ccccc7n6)c5)ccc4c3)c3ccccc23)cc1. The summed E-state index contributed by atoms with van der Waals surface area (Å²) in [5.41, 5.74) is 10.2. The molecule has 9 rings (SSSR count). The van der Waals surface area contributed by atoms with E-state index in [-0.39, 0.29) is 0 Å². The van der Waals surface area contributed by atoms with Crippen molar-refractivity contribution in [1.29, 1.82) is 0 Å². The molecule has 46 heavy (non-hydrogen) atoms. The molecule has 0 bridgehead atoms. The van der Waals surface area contributed by atoms with Crippen LogP contribution in [-0.4, -0.2) is 9.97 Å². The molecule has 0 fully saturated rings. The van der Waals surface area contributed by atoms with Gasteiger partial charge >= 0.3 is 0 Å². The lowest BCUT2D eigenvalue weighted by Gasteiger charge is -2.18. The molecule has 2 aromatic heterocycles. The van der Waals surface area contributed by atoms with Gasteiger partial charge in [-0.1, -0.05) is 127 Å². The molecule has 2 heterocycles. The highest BCUT2D eigenvalue weighted by Gasteiger charge is 2.16. The van der Waals surface area contributed by atoms with E-state index in [1.54, 1.807) is 0 Å². The molecule has 0 unspecified atom stereocenters. The molecule has 0 aliphatic heterocycles. The highest BCUT2D eigenvalue weighted by Crippen LogP contribution is 2.44. The van der Waals surface area contributed by atoms with E-state index in [4.69, 9.17) is 4.98 Å². The van der Waals surface area contributed by atoms with Crippen LogP contribution in [0.1, 0.15) is 0 Å². The zero-order valence-corrected chi connectivity index (χ0v) is 25.1. The predicted molar refractivity (Wildman–Crippen MR) is 194 cm³/mol. The number of fused-ring (bicyclic) bond motifs is 4. The second-order valence-corrected chi connectivity index (χ2v) is 11.8. The summed E-state index contributed by atoms with van der Waals surface area (Å²) < 4.78 is 0. The summed E-state index contributed by atoms with van der Waals surface area (Å²) in [4.78, 5) is 9.49. The van der Waals surface area contributed by atoms with Crippen molar-refractivity contribution >= 4 is 43.2 Å². The summed E-state index contributed by atoms with van der Waals surface area (Å²) >= 11 is 0. The summed E-state index contributed by atoms with van der Waals surface area (Å²) in [5.74, 6) is 0. The maximum atomic E-state index is 4.89. The molecule has 0 saturated heterocycles. The van der Waals surface area contributed by atoms with E-state index in [9.17, 15) is 0 Å². The third kappa shape index (κ3) is 4.43. The Hall–Kier alpha value is -6.12. The van der Waals surface area contributed by atoms with Gasteiger partial charge in [-0.25, -0.2) is 4.98 Å². The molecule has 0 N–H and O–H groups in total. The van der Waals surface area contributed by atoms with Crippen LogP contribution in [0.15, 0.2) is 170 Å². The lowest BCUT2D eigenvalue weighted by Crippen LogP contribution is -1.91. The number of hydrogen-bond donors (Lipinski definition) is 0. The largest absolute Gasteiger partial charge is 0.263 e. The van der Waals surface area contributed by atoms with Gasteiger partial charge < -0.3 is 0 Å². The summed E-state index contributed by atoms with van der Waals surface area (Å²) in [6, 6.07) is 56.6. The van der Waals surface area contributed by atoms with Crippen molar-refractivity contribution in [3.63, 3.8) is 0 Å². The van der Waals surface area contributed by atoms with E-state index >= 15 is 0 Å². The monoisotopic (exact) mass is 584 g/mol. The van der Waals surface area contributed by atoms with E-state index in [2.05, 4.69) is 151 Å². The third-order valence-corrected chi connectivity index (χ3v) is 9.09. The van der Waals surface area contributed by atoms with Crippen molar-refractivity contribution in [2.45, 2.75) is 0 Å². The van der Waals surface area contributed by atoms with Crippen molar-refractivity contribution in [2.75, 3.05) is 0 Å². The Bertz CT molecular complexity index is 2530. The molecule has 0 spiro atoms. The number of para-hydroxylation sites is 1. The van der Waals surface area contributed by atoms with Crippen LogP contribution in [0.3, 0.4) is 0 Å². The van der Waals surface area contributed by atoms with E-state index < -0.39 is 0 Å². The minimum absolute atomic E-state index is 0.927. The van der Waals surface area contributed by atoms with Gasteiger partial charge in [0.05, 0.1) is 11.2 Å².